The molecule has 1 aliphatic rings. The van der Waals surface area contributed by atoms with Gasteiger partial charge in [0.15, 0.2) is 0 Å². The first-order valence-corrected chi connectivity index (χ1v) is 5.09. The number of hydrogen-bond acceptors (Lipinski definition) is 2. The van der Waals surface area contributed by atoms with Crippen LogP contribution in [0, 0.1) is 0 Å². The molecule has 0 amide bonds. The summed E-state index contributed by atoms with van der Waals surface area (Å²) in [5.74, 6) is 0.911. The van der Waals surface area contributed by atoms with Gasteiger partial charge in [0.2, 0.25) is 0 Å². The largest absolute Gasteiger partial charge is 0.497 e. The van der Waals surface area contributed by atoms with Crippen LogP contribution in [0.5, 0.6) is 5.75 Å². The van der Waals surface area contributed by atoms with Crippen molar-refractivity contribution in [1.82, 2.24) is 0 Å². The Hall–Kier alpha value is -1.02. The van der Waals surface area contributed by atoms with Gasteiger partial charge in [-0.2, -0.15) is 0 Å². The molecule has 0 spiro atoms. The van der Waals surface area contributed by atoms with Gasteiger partial charge in [-0.1, -0.05) is 12.1 Å². The average Bonchev–Trinajstić information content (AvgIpc) is 2.99. The van der Waals surface area contributed by atoms with Crippen molar-refractivity contribution in [2.75, 3.05) is 7.11 Å². The van der Waals surface area contributed by atoms with Gasteiger partial charge in [-0.15, -0.1) is 0 Å². The summed E-state index contributed by atoms with van der Waals surface area (Å²) in [6, 6.07) is 8.54. The lowest BCUT2D eigenvalue weighted by molar-refractivity contribution is 0.414. The average molecular weight is 191 g/mol. The third-order valence-corrected chi connectivity index (χ3v) is 3.33. The van der Waals surface area contributed by atoms with Crippen molar-refractivity contribution >= 4 is 0 Å². The van der Waals surface area contributed by atoms with Gasteiger partial charge in [0.1, 0.15) is 5.75 Å². The van der Waals surface area contributed by atoms with Gasteiger partial charge in [-0.05, 0) is 37.5 Å². The van der Waals surface area contributed by atoms with E-state index in [1.54, 1.807) is 7.11 Å². The zero-order valence-electron chi connectivity index (χ0n) is 8.79. The van der Waals surface area contributed by atoms with Gasteiger partial charge < -0.3 is 10.5 Å². The quantitative estimate of drug-likeness (QED) is 0.793. The number of ether oxygens (including phenoxy) is 1. The van der Waals surface area contributed by atoms with Crippen LogP contribution in [0.4, 0.5) is 0 Å². The second-order valence-corrected chi connectivity index (χ2v) is 4.17. The molecule has 0 saturated heterocycles. The summed E-state index contributed by atoms with van der Waals surface area (Å²) in [7, 11) is 1.69. The Bertz CT molecular complexity index is 312. The molecule has 0 aromatic heterocycles. The summed E-state index contributed by atoms with van der Waals surface area (Å²) in [4.78, 5) is 0. The van der Waals surface area contributed by atoms with E-state index in [-0.39, 0.29) is 11.5 Å². The molecule has 1 aliphatic carbocycles. The maximum Gasteiger partial charge on any atom is 0.118 e. The fourth-order valence-corrected chi connectivity index (χ4v) is 2.06. The lowest BCUT2D eigenvalue weighted by atomic mass is 9.89. The van der Waals surface area contributed by atoms with E-state index in [0.717, 1.165) is 5.75 Å². The topological polar surface area (TPSA) is 35.2 Å². The van der Waals surface area contributed by atoms with Crippen LogP contribution in [0.15, 0.2) is 24.3 Å². The van der Waals surface area contributed by atoms with Crippen molar-refractivity contribution in [2.45, 2.75) is 31.2 Å². The number of nitrogens with two attached hydrogens (primary N) is 1. The molecule has 2 nitrogen and oxygen atoms in total. The Morgan fingerprint density at radius 2 is 1.86 bits per heavy atom. The highest BCUT2D eigenvalue weighted by atomic mass is 16.5. The SMILES string of the molecule is COc1ccc(C2(C(C)N)CC2)cc1. The van der Waals surface area contributed by atoms with Crippen LogP contribution in [0.2, 0.25) is 0 Å². The fourth-order valence-electron chi connectivity index (χ4n) is 2.06. The van der Waals surface area contributed by atoms with Crippen LogP contribution in [0.1, 0.15) is 25.3 Å². The highest BCUT2D eigenvalue weighted by molar-refractivity contribution is 5.37. The molecule has 1 aromatic rings. The number of methoxy groups -OCH3 is 1. The van der Waals surface area contributed by atoms with Crippen molar-refractivity contribution in [3.63, 3.8) is 0 Å². The monoisotopic (exact) mass is 191 g/mol. The predicted octanol–water partition coefficient (Wildman–Crippen LogP) is 2.07. The minimum absolute atomic E-state index is 0.246. The first-order chi connectivity index (χ1) is 6.69. The molecule has 0 bridgehead atoms. The van der Waals surface area contributed by atoms with Crippen LogP contribution in [0.25, 0.3) is 0 Å². The molecule has 14 heavy (non-hydrogen) atoms. The number of benzene rings is 1. The molecule has 1 atom stereocenters. The third kappa shape index (κ3) is 1.40. The standard InChI is InChI=1S/C12H17NO/c1-9(13)12(7-8-12)10-3-5-11(14-2)6-4-10/h3-6,9H,7-8,13H2,1-2H3. The van der Waals surface area contributed by atoms with Gasteiger partial charge in [0.05, 0.1) is 7.11 Å². The summed E-state index contributed by atoms with van der Waals surface area (Å²) in [6.07, 6.45) is 2.44. The summed E-state index contributed by atoms with van der Waals surface area (Å²) in [6.45, 7) is 2.09. The molecule has 0 heterocycles. The third-order valence-electron chi connectivity index (χ3n) is 3.33. The van der Waals surface area contributed by atoms with E-state index in [0.29, 0.717) is 0 Å². The zero-order chi connectivity index (χ0) is 10.2. The number of hydrogen-bond donors (Lipinski definition) is 1. The van der Waals surface area contributed by atoms with Crippen LogP contribution in [-0.4, -0.2) is 13.2 Å². The summed E-state index contributed by atoms with van der Waals surface area (Å²) >= 11 is 0. The molecule has 1 aromatic carbocycles. The lowest BCUT2D eigenvalue weighted by Crippen LogP contribution is -2.31. The lowest BCUT2D eigenvalue weighted by Gasteiger charge is -2.20. The second kappa shape index (κ2) is 3.28. The molecule has 0 aliphatic heterocycles. The van der Waals surface area contributed by atoms with Crippen LogP contribution in [-0.2, 0) is 5.41 Å². The molecule has 0 radical (unpaired) electrons. The summed E-state index contributed by atoms with van der Waals surface area (Å²) in [5, 5.41) is 0. The Kier molecular flexibility index (Phi) is 2.23. The van der Waals surface area contributed by atoms with Crippen LogP contribution in [0.3, 0.4) is 0 Å². The maximum absolute atomic E-state index is 6.00. The van der Waals surface area contributed by atoms with Crippen molar-refractivity contribution in [2.24, 2.45) is 5.73 Å². The van der Waals surface area contributed by atoms with E-state index in [1.165, 1.54) is 18.4 Å². The normalized spacial score (nSPS) is 20.2. The van der Waals surface area contributed by atoms with Gasteiger partial charge in [-0.25, -0.2) is 0 Å². The van der Waals surface area contributed by atoms with Gasteiger partial charge in [-0.3, -0.25) is 0 Å². The molecule has 2 N–H and O–H groups in total. The molecular weight excluding hydrogens is 174 g/mol. The highest BCUT2D eigenvalue weighted by Gasteiger charge is 2.47. The fraction of sp³-hybridized carbons (Fsp3) is 0.500. The smallest absolute Gasteiger partial charge is 0.118 e. The van der Waals surface area contributed by atoms with E-state index in [1.807, 2.05) is 12.1 Å². The van der Waals surface area contributed by atoms with E-state index in [2.05, 4.69) is 19.1 Å². The predicted molar refractivity (Wildman–Crippen MR) is 57.6 cm³/mol. The first kappa shape index (κ1) is 9.53. The minimum Gasteiger partial charge on any atom is -0.497 e. The minimum atomic E-state index is 0.246. The van der Waals surface area contributed by atoms with E-state index in [4.69, 9.17) is 10.5 Å². The van der Waals surface area contributed by atoms with E-state index < -0.39 is 0 Å². The van der Waals surface area contributed by atoms with Gasteiger partial charge in [0, 0.05) is 11.5 Å². The molecule has 1 saturated carbocycles. The second-order valence-electron chi connectivity index (χ2n) is 4.17. The maximum atomic E-state index is 6.00. The summed E-state index contributed by atoms with van der Waals surface area (Å²) in [5.41, 5.74) is 7.62. The Balaban J connectivity index is 2.25. The highest BCUT2D eigenvalue weighted by Crippen LogP contribution is 2.50. The van der Waals surface area contributed by atoms with Crippen molar-refractivity contribution in [3.8, 4) is 5.75 Å². The van der Waals surface area contributed by atoms with Gasteiger partial charge in [0.25, 0.3) is 0 Å². The Labute approximate surface area is 85.1 Å². The molecule has 76 valence electrons. The van der Waals surface area contributed by atoms with E-state index >= 15 is 0 Å². The molecular formula is C12H17NO. The number of rotatable bonds is 3. The molecule has 1 fully saturated rings. The van der Waals surface area contributed by atoms with Gasteiger partial charge >= 0.3 is 0 Å². The van der Waals surface area contributed by atoms with Crippen molar-refractivity contribution in [1.29, 1.82) is 0 Å². The Morgan fingerprint density at radius 3 is 2.21 bits per heavy atom. The van der Waals surface area contributed by atoms with Crippen molar-refractivity contribution < 1.29 is 4.74 Å². The zero-order valence-corrected chi connectivity index (χ0v) is 8.79. The Morgan fingerprint density at radius 1 is 1.29 bits per heavy atom. The van der Waals surface area contributed by atoms with Crippen LogP contribution >= 0.6 is 0 Å². The first-order valence-electron chi connectivity index (χ1n) is 5.09. The van der Waals surface area contributed by atoms with Crippen molar-refractivity contribution in [3.05, 3.63) is 29.8 Å². The molecule has 2 heteroatoms. The molecule has 1 unspecified atom stereocenters. The van der Waals surface area contributed by atoms with E-state index in [9.17, 15) is 0 Å². The summed E-state index contributed by atoms with van der Waals surface area (Å²) < 4.78 is 5.13. The molecule has 2 rings (SSSR count). The van der Waals surface area contributed by atoms with Crippen LogP contribution < -0.4 is 10.5 Å².